The molecule has 1 aliphatic rings. The van der Waals surface area contributed by atoms with Gasteiger partial charge in [0.05, 0.1) is 6.42 Å². The van der Waals surface area contributed by atoms with Crippen molar-refractivity contribution in [3.8, 4) is 0 Å². The van der Waals surface area contributed by atoms with E-state index in [4.69, 9.17) is 4.74 Å². The van der Waals surface area contributed by atoms with Gasteiger partial charge in [0, 0.05) is 6.54 Å². The largest absolute Gasteiger partial charge is 0.343 e. The number of benzene rings is 1. The number of nitrogens with zero attached hydrogens (tertiary/aromatic N) is 1. The van der Waals surface area contributed by atoms with Crippen LogP contribution in [0.15, 0.2) is 30.3 Å². The molecule has 1 aromatic rings. The van der Waals surface area contributed by atoms with Gasteiger partial charge in [-0.3, -0.25) is 9.59 Å². The summed E-state index contributed by atoms with van der Waals surface area (Å²) in [5.41, 5.74) is 0.196. The molecule has 0 N–H and O–H groups in total. The maximum absolute atomic E-state index is 12.2. The van der Waals surface area contributed by atoms with Gasteiger partial charge in [-0.25, -0.2) is 0 Å². The van der Waals surface area contributed by atoms with Crippen LogP contribution in [-0.4, -0.2) is 28.4 Å². The van der Waals surface area contributed by atoms with Gasteiger partial charge in [-0.2, -0.15) is 0 Å². The first-order valence-electron chi connectivity index (χ1n) is 6.45. The maximum atomic E-state index is 12.2. The van der Waals surface area contributed by atoms with Crippen molar-refractivity contribution < 1.29 is 14.3 Å². The molecule has 0 unspecified atom stereocenters. The summed E-state index contributed by atoms with van der Waals surface area (Å²) < 4.78 is 5.71. The molecule has 0 aromatic heterocycles. The lowest BCUT2D eigenvalue weighted by atomic mass is 10.1. The van der Waals surface area contributed by atoms with E-state index in [-0.39, 0.29) is 18.1 Å². The van der Waals surface area contributed by atoms with Crippen molar-refractivity contribution in [1.82, 2.24) is 4.90 Å². The average molecular weight is 261 g/mol. The Morgan fingerprint density at radius 2 is 2.00 bits per heavy atom. The number of ether oxygens (including phenoxy) is 1. The number of amides is 1. The van der Waals surface area contributed by atoms with E-state index in [1.54, 1.807) is 18.7 Å². The quantitative estimate of drug-likeness (QED) is 0.834. The highest BCUT2D eigenvalue weighted by Crippen LogP contribution is 2.32. The summed E-state index contributed by atoms with van der Waals surface area (Å²) in [5, 5.41) is 0. The first kappa shape index (κ1) is 13.7. The first-order valence-corrected chi connectivity index (χ1v) is 6.45. The number of carbonyl (C=O) groups excluding carboxylic acids is 2. The summed E-state index contributed by atoms with van der Waals surface area (Å²) >= 11 is 0. The summed E-state index contributed by atoms with van der Waals surface area (Å²) in [5.74, 6) is -0.0462. The Balaban J connectivity index is 2.23. The predicted octanol–water partition coefficient (Wildman–Crippen LogP) is 2.13. The SMILES string of the molecule is CC(=O)C[C@@]1(C)O[C@H](C)C(=O)N1Cc1ccccc1. The third-order valence-electron chi connectivity index (χ3n) is 3.38. The van der Waals surface area contributed by atoms with E-state index >= 15 is 0 Å². The molecule has 1 amide bonds. The number of carbonyl (C=O) groups is 2. The van der Waals surface area contributed by atoms with Crippen molar-refractivity contribution in [1.29, 1.82) is 0 Å². The molecule has 0 aliphatic carbocycles. The molecule has 4 nitrogen and oxygen atoms in total. The fraction of sp³-hybridized carbons (Fsp3) is 0.467. The Kier molecular flexibility index (Phi) is 3.71. The molecule has 1 heterocycles. The fourth-order valence-electron chi connectivity index (χ4n) is 2.56. The standard InChI is InChI=1S/C15H19NO3/c1-11(17)9-15(3)16(14(18)12(2)19-15)10-13-7-5-4-6-8-13/h4-8,12H,9-10H2,1-3H3/t12-,15-/m1/s1. The molecule has 4 heteroatoms. The third kappa shape index (κ3) is 2.84. The first-order chi connectivity index (χ1) is 8.92. The summed E-state index contributed by atoms with van der Waals surface area (Å²) in [6, 6.07) is 9.73. The zero-order valence-electron chi connectivity index (χ0n) is 11.6. The molecule has 0 radical (unpaired) electrons. The highest BCUT2D eigenvalue weighted by molar-refractivity contribution is 5.85. The molecule has 19 heavy (non-hydrogen) atoms. The van der Waals surface area contributed by atoms with Crippen LogP contribution in [0.1, 0.15) is 32.8 Å². The molecule has 0 bridgehead atoms. The number of rotatable bonds is 4. The number of Topliss-reactive ketones (excluding diaryl/α,β-unsaturated/α-hetero) is 1. The summed E-state index contributed by atoms with van der Waals surface area (Å²) in [6.07, 6.45) is -0.274. The molecule has 1 saturated heterocycles. The van der Waals surface area contributed by atoms with Crippen LogP contribution in [0.5, 0.6) is 0 Å². The number of hydrogen-bond acceptors (Lipinski definition) is 3. The monoisotopic (exact) mass is 261 g/mol. The summed E-state index contributed by atoms with van der Waals surface area (Å²) in [6.45, 7) is 5.51. The topological polar surface area (TPSA) is 46.6 Å². The summed E-state index contributed by atoms with van der Waals surface area (Å²) in [7, 11) is 0. The molecule has 0 spiro atoms. The van der Waals surface area contributed by atoms with E-state index in [2.05, 4.69) is 0 Å². The molecule has 2 rings (SSSR count). The zero-order valence-corrected chi connectivity index (χ0v) is 11.6. The second-order valence-electron chi connectivity index (χ2n) is 5.22. The fourth-order valence-corrected chi connectivity index (χ4v) is 2.56. The van der Waals surface area contributed by atoms with Crippen molar-refractivity contribution >= 4 is 11.7 Å². The van der Waals surface area contributed by atoms with Crippen LogP contribution in [0, 0.1) is 0 Å². The molecule has 1 aliphatic heterocycles. The van der Waals surface area contributed by atoms with Gasteiger partial charge in [-0.15, -0.1) is 0 Å². The lowest BCUT2D eigenvalue weighted by Crippen LogP contribution is -2.45. The van der Waals surface area contributed by atoms with Gasteiger partial charge in [0.15, 0.2) is 0 Å². The Hall–Kier alpha value is -1.68. The second kappa shape index (κ2) is 5.13. The Morgan fingerprint density at radius 1 is 1.37 bits per heavy atom. The minimum absolute atomic E-state index is 0.0162. The van der Waals surface area contributed by atoms with Crippen LogP contribution in [0.25, 0.3) is 0 Å². The van der Waals surface area contributed by atoms with Crippen LogP contribution < -0.4 is 0 Å². The second-order valence-corrected chi connectivity index (χ2v) is 5.22. The molecule has 1 aromatic carbocycles. The van der Waals surface area contributed by atoms with Crippen molar-refractivity contribution in [2.24, 2.45) is 0 Å². The van der Waals surface area contributed by atoms with Crippen LogP contribution >= 0.6 is 0 Å². The van der Waals surface area contributed by atoms with E-state index in [9.17, 15) is 9.59 Å². The average Bonchev–Trinajstić information content (AvgIpc) is 2.53. The van der Waals surface area contributed by atoms with Crippen LogP contribution in [0.4, 0.5) is 0 Å². The molecule has 102 valence electrons. The number of hydrogen-bond donors (Lipinski definition) is 0. The lowest BCUT2D eigenvalue weighted by molar-refractivity contribution is -0.138. The minimum Gasteiger partial charge on any atom is -0.343 e. The van der Waals surface area contributed by atoms with Gasteiger partial charge in [0.25, 0.3) is 5.91 Å². The van der Waals surface area contributed by atoms with Gasteiger partial charge in [-0.1, -0.05) is 30.3 Å². The highest BCUT2D eigenvalue weighted by Gasteiger charge is 2.47. The van der Waals surface area contributed by atoms with Crippen molar-refractivity contribution in [2.75, 3.05) is 0 Å². The molecular formula is C15H19NO3. The third-order valence-corrected chi connectivity index (χ3v) is 3.38. The molecular weight excluding hydrogens is 242 g/mol. The normalized spacial score (nSPS) is 26.8. The maximum Gasteiger partial charge on any atom is 0.254 e. The van der Waals surface area contributed by atoms with Gasteiger partial charge in [0.1, 0.15) is 17.6 Å². The van der Waals surface area contributed by atoms with E-state index in [0.717, 1.165) is 5.56 Å². The van der Waals surface area contributed by atoms with Crippen LogP contribution in [-0.2, 0) is 20.9 Å². The molecule has 0 saturated carbocycles. The van der Waals surface area contributed by atoms with Crippen molar-refractivity contribution in [3.63, 3.8) is 0 Å². The van der Waals surface area contributed by atoms with Crippen molar-refractivity contribution in [2.45, 2.75) is 45.6 Å². The van der Waals surface area contributed by atoms with Gasteiger partial charge < -0.3 is 9.64 Å². The predicted molar refractivity (Wildman–Crippen MR) is 71.2 cm³/mol. The van der Waals surface area contributed by atoms with E-state index in [1.165, 1.54) is 6.92 Å². The number of ketones is 1. The Bertz CT molecular complexity index is 485. The zero-order chi connectivity index (χ0) is 14.0. The van der Waals surface area contributed by atoms with Gasteiger partial charge in [0.2, 0.25) is 0 Å². The smallest absolute Gasteiger partial charge is 0.254 e. The lowest BCUT2D eigenvalue weighted by Gasteiger charge is -2.33. The van der Waals surface area contributed by atoms with Crippen LogP contribution in [0.2, 0.25) is 0 Å². The Labute approximate surface area is 113 Å². The minimum atomic E-state index is -0.835. The summed E-state index contributed by atoms with van der Waals surface area (Å²) in [4.78, 5) is 25.3. The van der Waals surface area contributed by atoms with E-state index in [1.807, 2.05) is 30.3 Å². The van der Waals surface area contributed by atoms with Gasteiger partial charge in [-0.05, 0) is 26.3 Å². The molecule has 2 atom stereocenters. The van der Waals surface area contributed by atoms with E-state index in [0.29, 0.717) is 6.54 Å². The van der Waals surface area contributed by atoms with Crippen LogP contribution in [0.3, 0.4) is 0 Å². The highest BCUT2D eigenvalue weighted by atomic mass is 16.5. The van der Waals surface area contributed by atoms with Crippen molar-refractivity contribution in [3.05, 3.63) is 35.9 Å². The Morgan fingerprint density at radius 3 is 2.58 bits per heavy atom. The molecule has 1 fully saturated rings. The van der Waals surface area contributed by atoms with E-state index < -0.39 is 11.8 Å². The van der Waals surface area contributed by atoms with Gasteiger partial charge >= 0.3 is 0 Å².